The Hall–Kier alpha value is -0.240. The highest BCUT2D eigenvalue weighted by molar-refractivity contribution is 14.1. The fraction of sp³-hybridized carbons (Fsp3) is 0.556. The zero-order valence-corrected chi connectivity index (χ0v) is 12.0. The van der Waals surface area contributed by atoms with Crippen molar-refractivity contribution in [1.82, 2.24) is 5.16 Å². The van der Waals surface area contributed by atoms with Gasteiger partial charge in [0.25, 0.3) is 0 Å². The SMILES string of the molecule is Cc1noc(/C=N\[S@](=O)C(C)(C)C)c1I. The van der Waals surface area contributed by atoms with Crippen molar-refractivity contribution in [2.45, 2.75) is 32.4 Å². The van der Waals surface area contributed by atoms with Gasteiger partial charge >= 0.3 is 0 Å². The number of halogens is 1. The van der Waals surface area contributed by atoms with E-state index in [1.807, 2.05) is 27.7 Å². The van der Waals surface area contributed by atoms with E-state index in [2.05, 4.69) is 32.1 Å². The van der Waals surface area contributed by atoms with Crippen LogP contribution in [0.1, 0.15) is 32.2 Å². The van der Waals surface area contributed by atoms with Crippen molar-refractivity contribution in [3.63, 3.8) is 0 Å². The van der Waals surface area contributed by atoms with Gasteiger partial charge in [0.1, 0.15) is 11.0 Å². The molecule has 0 radical (unpaired) electrons. The maximum Gasteiger partial charge on any atom is 0.192 e. The van der Waals surface area contributed by atoms with E-state index in [-0.39, 0.29) is 4.75 Å². The van der Waals surface area contributed by atoms with Crippen LogP contribution in [0.4, 0.5) is 0 Å². The second kappa shape index (κ2) is 4.73. The summed E-state index contributed by atoms with van der Waals surface area (Å²) in [4.78, 5) is 0. The lowest BCUT2D eigenvalue weighted by molar-refractivity contribution is 0.410. The zero-order valence-electron chi connectivity index (χ0n) is 9.07. The third-order valence-corrected chi connectivity index (χ3v) is 4.26. The Morgan fingerprint density at radius 2 is 2.13 bits per heavy atom. The first-order chi connectivity index (χ1) is 6.82. The smallest absolute Gasteiger partial charge is 0.192 e. The van der Waals surface area contributed by atoms with E-state index in [1.54, 1.807) is 0 Å². The molecule has 0 N–H and O–H groups in total. The van der Waals surface area contributed by atoms with Crippen molar-refractivity contribution in [2.75, 3.05) is 0 Å². The molecule has 0 bridgehead atoms. The summed E-state index contributed by atoms with van der Waals surface area (Å²) < 4.78 is 21.1. The molecule has 0 saturated carbocycles. The fourth-order valence-corrected chi connectivity index (χ4v) is 1.55. The molecule has 0 unspecified atom stereocenters. The van der Waals surface area contributed by atoms with Gasteiger partial charge in [-0.15, -0.1) is 0 Å². The molecule has 0 aromatic carbocycles. The quantitative estimate of drug-likeness (QED) is 0.614. The number of nitrogens with zero attached hydrogens (tertiary/aromatic N) is 2. The molecule has 0 amide bonds. The average Bonchev–Trinajstić information content (AvgIpc) is 2.43. The minimum atomic E-state index is -1.26. The lowest BCUT2D eigenvalue weighted by Crippen LogP contribution is -2.19. The third kappa shape index (κ3) is 3.37. The number of hydrogen-bond donors (Lipinski definition) is 0. The standard InChI is InChI=1S/C9H13IN2O2S/c1-6-8(10)7(14-12-6)5-11-15(13)9(2,3)4/h5H,1-4H3/b11-5-/t15-/m1/s1. The van der Waals surface area contributed by atoms with Crippen LogP contribution in [0.3, 0.4) is 0 Å². The van der Waals surface area contributed by atoms with Gasteiger partial charge in [-0.3, -0.25) is 0 Å². The maximum atomic E-state index is 11.6. The lowest BCUT2D eigenvalue weighted by Gasteiger charge is -2.12. The second-order valence-electron chi connectivity index (χ2n) is 4.04. The summed E-state index contributed by atoms with van der Waals surface area (Å²) in [5.74, 6) is 0.561. The predicted octanol–water partition coefficient (Wildman–Crippen LogP) is 2.47. The molecule has 4 nitrogen and oxygen atoms in total. The van der Waals surface area contributed by atoms with Crippen molar-refractivity contribution in [3.05, 3.63) is 15.0 Å². The highest BCUT2D eigenvalue weighted by atomic mass is 127. The van der Waals surface area contributed by atoms with Gasteiger partial charge in [-0.1, -0.05) is 5.16 Å². The molecule has 0 fully saturated rings. The molecular formula is C9H13IN2O2S. The van der Waals surface area contributed by atoms with E-state index in [0.29, 0.717) is 5.76 Å². The minimum Gasteiger partial charge on any atom is -0.354 e. The first-order valence-electron chi connectivity index (χ1n) is 4.40. The fourth-order valence-electron chi connectivity index (χ4n) is 0.710. The molecule has 1 aromatic heterocycles. The third-order valence-electron chi connectivity index (χ3n) is 1.60. The van der Waals surface area contributed by atoms with E-state index in [4.69, 9.17) is 4.52 Å². The van der Waals surface area contributed by atoms with Crippen molar-refractivity contribution < 1.29 is 8.73 Å². The molecule has 0 aliphatic carbocycles. The van der Waals surface area contributed by atoms with Gasteiger partial charge in [0.2, 0.25) is 0 Å². The summed E-state index contributed by atoms with van der Waals surface area (Å²) >= 11 is 2.12. The molecule has 1 aromatic rings. The van der Waals surface area contributed by atoms with Gasteiger partial charge in [0, 0.05) is 0 Å². The lowest BCUT2D eigenvalue weighted by atomic mass is 10.3. The van der Waals surface area contributed by atoms with Crippen molar-refractivity contribution >= 4 is 39.8 Å². The van der Waals surface area contributed by atoms with E-state index >= 15 is 0 Å². The van der Waals surface area contributed by atoms with Crippen molar-refractivity contribution in [2.24, 2.45) is 4.40 Å². The Balaban J connectivity index is 2.83. The van der Waals surface area contributed by atoms with Crippen LogP contribution in [0.15, 0.2) is 8.92 Å². The zero-order chi connectivity index (χ0) is 11.6. The molecule has 6 heteroatoms. The van der Waals surface area contributed by atoms with Crippen LogP contribution < -0.4 is 0 Å². The van der Waals surface area contributed by atoms with Crippen LogP contribution in [-0.4, -0.2) is 20.3 Å². The van der Waals surface area contributed by atoms with Gasteiger partial charge in [-0.25, -0.2) is 4.21 Å². The molecule has 0 saturated heterocycles. The van der Waals surface area contributed by atoms with Gasteiger partial charge in [0.15, 0.2) is 5.76 Å². The number of aryl methyl sites for hydroxylation is 1. The summed E-state index contributed by atoms with van der Waals surface area (Å²) in [7, 11) is -1.26. The normalized spacial score (nSPS) is 14.7. The van der Waals surface area contributed by atoms with Crippen LogP contribution in [0.5, 0.6) is 0 Å². The van der Waals surface area contributed by atoms with Crippen LogP contribution in [-0.2, 0) is 11.0 Å². The summed E-state index contributed by atoms with van der Waals surface area (Å²) in [5.41, 5.74) is 0.818. The molecule has 0 spiro atoms. The van der Waals surface area contributed by atoms with E-state index in [9.17, 15) is 4.21 Å². The molecule has 15 heavy (non-hydrogen) atoms. The van der Waals surface area contributed by atoms with Gasteiger partial charge in [-0.05, 0) is 50.3 Å². The monoisotopic (exact) mass is 340 g/mol. The summed E-state index contributed by atoms with van der Waals surface area (Å²) in [6.07, 6.45) is 1.48. The Labute approximate surface area is 105 Å². The highest BCUT2D eigenvalue weighted by Gasteiger charge is 2.18. The maximum absolute atomic E-state index is 11.6. The number of hydrogen-bond acceptors (Lipinski definition) is 3. The number of aromatic nitrogens is 1. The molecule has 84 valence electrons. The van der Waals surface area contributed by atoms with E-state index in [0.717, 1.165) is 9.26 Å². The summed E-state index contributed by atoms with van der Waals surface area (Å²) in [5, 5.41) is 3.78. The van der Waals surface area contributed by atoms with Gasteiger partial charge < -0.3 is 4.52 Å². The van der Waals surface area contributed by atoms with Crippen molar-refractivity contribution in [3.8, 4) is 0 Å². The molecule has 1 atom stereocenters. The average molecular weight is 340 g/mol. The van der Waals surface area contributed by atoms with Crippen LogP contribution >= 0.6 is 22.6 Å². The largest absolute Gasteiger partial charge is 0.354 e. The Bertz CT molecular complexity index is 407. The van der Waals surface area contributed by atoms with Crippen LogP contribution in [0.2, 0.25) is 0 Å². The predicted molar refractivity (Wildman–Crippen MR) is 69.4 cm³/mol. The van der Waals surface area contributed by atoms with E-state index in [1.165, 1.54) is 6.21 Å². The molecule has 0 aliphatic rings. The van der Waals surface area contributed by atoms with Gasteiger partial charge in [-0.2, -0.15) is 4.40 Å². The molecular weight excluding hydrogens is 327 g/mol. The van der Waals surface area contributed by atoms with Gasteiger partial charge in [0.05, 0.1) is 20.2 Å². The highest BCUT2D eigenvalue weighted by Crippen LogP contribution is 2.16. The molecule has 1 rings (SSSR count). The Kier molecular flexibility index (Phi) is 4.05. The Morgan fingerprint density at radius 1 is 1.53 bits per heavy atom. The van der Waals surface area contributed by atoms with Crippen LogP contribution in [0.25, 0.3) is 0 Å². The van der Waals surface area contributed by atoms with Crippen molar-refractivity contribution in [1.29, 1.82) is 0 Å². The first kappa shape index (κ1) is 12.8. The molecule has 0 aliphatic heterocycles. The Morgan fingerprint density at radius 3 is 2.53 bits per heavy atom. The second-order valence-corrected chi connectivity index (χ2v) is 7.05. The topological polar surface area (TPSA) is 55.5 Å². The van der Waals surface area contributed by atoms with Crippen LogP contribution in [0, 0.1) is 10.5 Å². The number of rotatable bonds is 2. The first-order valence-corrected chi connectivity index (χ1v) is 6.59. The summed E-state index contributed by atoms with van der Waals surface area (Å²) in [6, 6.07) is 0. The molecule has 1 heterocycles. The minimum absolute atomic E-state index is 0.350. The summed E-state index contributed by atoms with van der Waals surface area (Å²) in [6.45, 7) is 7.47. The van der Waals surface area contributed by atoms with E-state index < -0.39 is 11.0 Å².